The molecule has 1 atom stereocenters. The number of fused-ring (bicyclic) bond motifs is 2. The molecular formula is C14H14O3. The molecule has 1 aliphatic heterocycles. The van der Waals surface area contributed by atoms with Gasteiger partial charge in [-0.3, -0.25) is 0 Å². The molecular weight excluding hydrogens is 216 g/mol. The first-order chi connectivity index (χ1) is 8.29. The summed E-state index contributed by atoms with van der Waals surface area (Å²) in [5.74, 6) is 0.794. The van der Waals surface area contributed by atoms with Crippen LogP contribution >= 0.6 is 0 Å². The molecule has 1 aliphatic rings. The van der Waals surface area contributed by atoms with Gasteiger partial charge in [0.2, 0.25) is 6.29 Å². The van der Waals surface area contributed by atoms with Gasteiger partial charge in [-0.2, -0.15) is 0 Å². The first kappa shape index (κ1) is 10.4. The van der Waals surface area contributed by atoms with Crippen LogP contribution in [0.4, 0.5) is 0 Å². The maximum absolute atomic E-state index is 10.2. The smallest absolute Gasteiger partial charge is 0.204 e. The van der Waals surface area contributed by atoms with Gasteiger partial charge >= 0.3 is 0 Å². The van der Waals surface area contributed by atoms with Crippen LogP contribution in [-0.2, 0) is 11.2 Å². The zero-order valence-corrected chi connectivity index (χ0v) is 9.64. The van der Waals surface area contributed by atoms with Gasteiger partial charge in [-0.15, -0.1) is 0 Å². The Morgan fingerprint density at radius 3 is 3.06 bits per heavy atom. The predicted octanol–water partition coefficient (Wildman–Crippen LogP) is 2.84. The molecule has 0 fully saturated rings. The first-order valence-electron chi connectivity index (χ1n) is 5.81. The molecule has 3 rings (SSSR count). The zero-order chi connectivity index (χ0) is 11.8. The first-order valence-corrected chi connectivity index (χ1v) is 5.81. The van der Waals surface area contributed by atoms with Gasteiger partial charge in [-0.05, 0) is 18.4 Å². The van der Waals surface area contributed by atoms with Gasteiger partial charge in [-0.25, -0.2) is 0 Å². The van der Waals surface area contributed by atoms with E-state index in [-0.39, 0.29) is 12.0 Å². The molecule has 17 heavy (non-hydrogen) atoms. The van der Waals surface area contributed by atoms with E-state index in [9.17, 15) is 5.11 Å². The van der Waals surface area contributed by atoms with E-state index in [1.807, 2.05) is 31.2 Å². The third kappa shape index (κ3) is 1.63. The Balaban J connectivity index is 2.10. The van der Waals surface area contributed by atoms with Crippen molar-refractivity contribution in [2.75, 3.05) is 6.61 Å². The average Bonchev–Trinajstić information content (AvgIpc) is 2.73. The molecule has 2 aromatic rings. The summed E-state index contributed by atoms with van der Waals surface area (Å²) in [6.07, 6.45) is 0.430. The second-order valence-electron chi connectivity index (χ2n) is 4.14. The van der Waals surface area contributed by atoms with Crippen molar-refractivity contribution in [3.63, 3.8) is 0 Å². The minimum atomic E-state index is -0.266. The fourth-order valence-electron chi connectivity index (χ4n) is 2.28. The Labute approximate surface area is 99.6 Å². The van der Waals surface area contributed by atoms with Gasteiger partial charge in [0.15, 0.2) is 11.5 Å². The summed E-state index contributed by atoms with van der Waals surface area (Å²) >= 11 is 0. The van der Waals surface area contributed by atoms with Crippen molar-refractivity contribution in [3.05, 3.63) is 35.9 Å². The maximum Gasteiger partial charge on any atom is 0.204 e. The third-order valence-electron chi connectivity index (χ3n) is 3.04. The van der Waals surface area contributed by atoms with Gasteiger partial charge in [0.05, 0.1) is 0 Å². The summed E-state index contributed by atoms with van der Waals surface area (Å²) < 4.78 is 11.0. The highest BCUT2D eigenvalue weighted by atomic mass is 16.7. The Hall–Kier alpha value is -1.74. The van der Waals surface area contributed by atoms with E-state index < -0.39 is 0 Å². The molecule has 0 aromatic heterocycles. The lowest BCUT2D eigenvalue weighted by Crippen LogP contribution is -2.16. The standard InChI is InChI=1S/C14H14O3/c1-2-16-12-8-10-7-9-5-3-4-6-11(9)13(15)14(10)17-12/h3-7,12,15H,2,8H2,1H3. The predicted molar refractivity (Wildman–Crippen MR) is 65.4 cm³/mol. The Kier molecular flexibility index (Phi) is 2.41. The van der Waals surface area contributed by atoms with Crippen LogP contribution in [0, 0.1) is 0 Å². The molecule has 0 bridgehead atoms. The number of rotatable bonds is 2. The SMILES string of the molecule is CCOC1Cc2cc3ccccc3c(O)c2O1. The molecule has 2 aromatic carbocycles. The summed E-state index contributed by atoms with van der Waals surface area (Å²) in [6.45, 7) is 2.54. The average molecular weight is 230 g/mol. The van der Waals surface area contributed by atoms with Crippen LogP contribution in [0.1, 0.15) is 12.5 Å². The Bertz CT molecular complexity index is 563. The van der Waals surface area contributed by atoms with Crippen molar-refractivity contribution in [1.82, 2.24) is 0 Å². The largest absolute Gasteiger partial charge is 0.504 e. The van der Waals surface area contributed by atoms with E-state index in [1.54, 1.807) is 0 Å². The van der Waals surface area contributed by atoms with Gasteiger partial charge in [0.25, 0.3) is 0 Å². The summed E-state index contributed by atoms with van der Waals surface area (Å²) in [4.78, 5) is 0. The third-order valence-corrected chi connectivity index (χ3v) is 3.04. The molecule has 1 heterocycles. The van der Waals surface area contributed by atoms with Crippen molar-refractivity contribution in [3.8, 4) is 11.5 Å². The lowest BCUT2D eigenvalue weighted by molar-refractivity contribution is -0.0609. The highest BCUT2D eigenvalue weighted by Gasteiger charge is 2.27. The van der Waals surface area contributed by atoms with E-state index >= 15 is 0 Å². The molecule has 0 saturated carbocycles. The summed E-state index contributed by atoms with van der Waals surface area (Å²) in [5, 5.41) is 12.0. The second-order valence-corrected chi connectivity index (χ2v) is 4.14. The van der Waals surface area contributed by atoms with Crippen molar-refractivity contribution in [2.45, 2.75) is 19.6 Å². The van der Waals surface area contributed by atoms with Crippen LogP contribution in [0.5, 0.6) is 11.5 Å². The molecule has 0 radical (unpaired) electrons. The topological polar surface area (TPSA) is 38.7 Å². The number of phenolic OH excluding ortho intramolecular Hbond substituents is 1. The molecule has 0 aliphatic carbocycles. The van der Waals surface area contributed by atoms with Gasteiger partial charge in [0, 0.05) is 24.0 Å². The Morgan fingerprint density at radius 2 is 2.24 bits per heavy atom. The van der Waals surface area contributed by atoms with Crippen molar-refractivity contribution in [1.29, 1.82) is 0 Å². The van der Waals surface area contributed by atoms with Gasteiger partial charge < -0.3 is 14.6 Å². The quantitative estimate of drug-likeness (QED) is 0.862. The van der Waals surface area contributed by atoms with Crippen LogP contribution in [0.25, 0.3) is 10.8 Å². The molecule has 1 unspecified atom stereocenters. The maximum atomic E-state index is 10.2. The normalized spacial score (nSPS) is 18.1. The molecule has 1 N–H and O–H groups in total. The van der Waals surface area contributed by atoms with Crippen molar-refractivity contribution >= 4 is 10.8 Å². The van der Waals surface area contributed by atoms with Gasteiger partial charge in [0.1, 0.15) is 0 Å². The van der Waals surface area contributed by atoms with E-state index in [4.69, 9.17) is 9.47 Å². The van der Waals surface area contributed by atoms with Crippen LogP contribution in [0.15, 0.2) is 30.3 Å². The highest BCUT2D eigenvalue weighted by Crippen LogP contribution is 2.42. The molecule has 0 amide bonds. The number of hydrogen-bond donors (Lipinski definition) is 1. The summed E-state index contributed by atoms with van der Waals surface area (Å²) in [6, 6.07) is 9.81. The van der Waals surface area contributed by atoms with E-state index in [2.05, 4.69) is 6.07 Å². The molecule has 0 saturated heterocycles. The van der Waals surface area contributed by atoms with E-state index in [0.29, 0.717) is 18.8 Å². The highest BCUT2D eigenvalue weighted by molar-refractivity contribution is 5.91. The monoisotopic (exact) mass is 230 g/mol. The fraction of sp³-hybridized carbons (Fsp3) is 0.286. The van der Waals surface area contributed by atoms with Crippen LogP contribution in [-0.4, -0.2) is 18.0 Å². The van der Waals surface area contributed by atoms with E-state index in [0.717, 1.165) is 16.3 Å². The zero-order valence-electron chi connectivity index (χ0n) is 9.64. The van der Waals surface area contributed by atoms with Crippen molar-refractivity contribution < 1.29 is 14.6 Å². The second kappa shape index (κ2) is 3.93. The minimum Gasteiger partial charge on any atom is -0.504 e. The molecule has 3 nitrogen and oxygen atoms in total. The fourth-order valence-corrected chi connectivity index (χ4v) is 2.28. The molecule has 3 heteroatoms. The van der Waals surface area contributed by atoms with Crippen LogP contribution < -0.4 is 4.74 Å². The van der Waals surface area contributed by atoms with Crippen molar-refractivity contribution in [2.24, 2.45) is 0 Å². The summed E-state index contributed by atoms with van der Waals surface area (Å²) in [7, 11) is 0. The summed E-state index contributed by atoms with van der Waals surface area (Å²) in [5.41, 5.74) is 1.01. The van der Waals surface area contributed by atoms with Crippen LogP contribution in [0.3, 0.4) is 0 Å². The lowest BCUT2D eigenvalue weighted by Gasteiger charge is -2.10. The molecule has 88 valence electrons. The minimum absolute atomic E-state index is 0.223. The Morgan fingerprint density at radius 1 is 1.41 bits per heavy atom. The van der Waals surface area contributed by atoms with Crippen LogP contribution in [0.2, 0.25) is 0 Å². The lowest BCUT2D eigenvalue weighted by atomic mass is 10.0. The molecule has 0 spiro atoms. The van der Waals surface area contributed by atoms with Gasteiger partial charge in [-0.1, -0.05) is 24.3 Å². The number of ether oxygens (including phenoxy) is 2. The number of hydrogen-bond acceptors (Lipinski definition) is 3. The number of benzene rings is 2. The number of phenols is 1. The van der Waals surface area contributed by atoms with E-state index in [1.165, 1.54) is 0 Å². The number of aromatic hydroxyl groups is 1.